The number of carbonyl (C=O) groups excluding carboxylic acids is 1. The van der Waals surface area contributed by atoms with Crippen LogP contribution in [-0.4, -0.2) is 37.5 Å². The zero-order valence-corrected chi connectivity index (χ0v) is 7.69. The van der Waals surface area contributed by atoms with E-state index in [4.69, 9.17) is 14.2 Å². The van der Waals surface area contributed by atoms with Crippen LogP contribution >= 0.6 is 0 Å². The lowest BCUT2D eigenvalue weighted by molar-refractivity contribution is -0.153. The summed E-state index contributed by atoms with van der Waals surface area (Å²) in [6, 6.07) is 0. The quantitative estimate of drug-likeness (QED) is 0.589. The smallest absolute Gasteiger partial charge is 0.305 e. The third-order valence-corrected chi connectivity index (χ3v) is 2.49. The predicted molar refractivity (Wildman–Crippen MR) is 44.3 cm³/mol. The Kier molecular flexibility index (Phi) is 2.51. The molecule has 2 saturated heterocycles. The van der Waals surface area contributed by atoms with Crippen molar-refractivity contribution in [1.29, 1.82) is 0 Å². The van der Waals surface area contributed by atoms with Crippen LogP contribution in [0.15, 0.2) is 0 Å². The molecule has 2 heterocycles. The predicted octanol–water partition coefficient (Wildman–Crippen LogP) is 0.496. The first-order valence-corrected chi connectivity index (χ1v) is 4.74. The monoisotopic (exact) mass is 186 g/mol. The second kappa shape index (κ2) is 3.64. The maximum Gasteiger partial charge on any atom is 0.305 e. The molecule has 4 heteroatoms. The highest BCUT2D eigenvalue weighted by Gasteiger charge is 2.43. The Balaban J connectivity index is 1.90. The number of hydrogen-bond donors (Lipinski definition) is 0. The highest BCUT2D eigenvalue weighted by molar-refractivity contribution is 5.69. The van der Waals surface area contributed by atoms with Crippen molar-refractivity contribution in [2.75, 3.05) is 13.2 Å². The summed E-state index contributed by atoms with van der Waals surface area (Å²) in [4.78, 5) is 11.0. The van der Waals surface area contributed by atoms with Crippen molar-refractivity contribution in [2.45, 2.75) is 38.1 Å². The van der Waals surface area contributed by atoms with Gasteiger partial charge in [-0.1, -0.05) is 6.92 Å². The van der Waals surface area contributed by atoms with Gasteiger partial charge in [0.15, 0.2) is 6.10 Å². The van der Waals surface area contributed by atoms with Crippen molar-refractivity contribution >= 4 is 5.97 Å². The molecule has 2 aliphatic rings. The van der Waals surface area contributed by atoms with Crippen LogP contribution in [0.1, 0.15) is 19.8 Å². The van der Waals surface area contributed by atoms with Crippen LogP contribution in [0.4, 0.5) is 0 Å². The molecule has 13 heavy (non-hydrogen) atoms. The Labute approximate surface area is 77.1 Å². The number of hydrogen-bond acceptors (Lipinski definition) is 4. The molecule has 0 bridgehead atoms. The Morgan fingerprint density at radius 2 is 2.38 bits per heavy atom. The molecule has 74 valence electrons. The molecule has 0 saturated carbocycles. The van der Waals surface area contributed by atoms with Gasteiger partial charge < -0.3 is 14.2 Å². The zero-order chi connectivity index (χ0) is 9.26. The van der Waals surface area contributed by atoms with Crippen LogP contribution in [0.3, 0.4) is 0 Å². The van der Waals surface area contributed by atoms with Gasteiger partial charge in [0.2, 0.25) is 0 Å². The Bertz CT molecular complexity index is 204. The van der Waals surface area contributed by atoms with Crippen LogP contribution < -0.4 is 0 Å². The van der Waals surface area contributed by atoms with Crippen LogP contribution in [0.5, 0.6) is 0 Å². The first kappa shape index (κ1) is 8.97. The summed E-state index contributed by atoms with van der Waals surface area (Å²) in [5.41, 5.74) is 0. The van der Waals surface area contributed by atoms with E-state index in [1.165, 1.54) is 0 Å². The van der Waals surface area contributed by atoms with Crippen LogP contribution in [-0.2, 0) is 19.0 Å². The fourth-order valence-corrected chi connectivity index (χ4v) is 1.78. The van der Waals surface area contributed by atoms with Gasteiger partial charge in [0.05, 0.1) is 12.7 Å². The van der Waals surface area contributed by atoms with Gasteiger partial charge >= 0.3 is 5.97 Å². The summed E-state index contributed by atoms with van der Waals surface area (Å²) in [5.74, 6) is -0.176. The highest BCUT2D eigenvalue weighted by atomic mass is 16.6. The fourth-order valence-electron chi connectivity index (χ4n) is 1.78. The first-order valence-electron chi connectivity index (χ1n) is 4.74. The van der Waals surface area contributed by atoms with Crippen LogP contribution in [0.2, 0.25) is 0 Å². The maximum absolute atomic E-state index is 11.0. The third kappa shape index (κ3) is 1.69. The van der Waals surface area contributed by atoms with Gasteiger partial charge in [-0.2, -0.15) is 0 Å². The lowest BCUT2D eigenvalue weighted by Gasteiger charge is -2.15. The van der Waals surface area contributed by atoms with E-state index in [-0.39, 0.29) is 24.3 Å². The summed E-state index contributed by atoms with van der Waals surface area (Å²) in [6.45, 7) is 2.99. The largest absolute Gasteiger partial charge is 0.457 e. The molecule has 4 nitrogen and oxygen atoms in total. The Hall–Kier alpha value is -0.610. The first-order chi connectivity index (χ1) is 6.31. The fraction of sp³-hybridized carbons (Fsp3) is 0.889. The average Bonchev–Trinajstić information content (AvgIpc) is 2.69. The Morgan fingerprint density at radius 3 is 3.15 bits per heavy atom. The van der Waals surface area contributed by atoms with Crippen molar-refractivity contribution in [2.24, 2.45) is 0 Å². The molecule has 2 rings (SSSR count). The molecule has 0 aromatic carbocycles. The van der Waals surface area contributed by atoms with Crippen molar-refractivity contribution in [1.82, 2.24) is 0 Å². The molecule has 3 atom stereocenters. The number of rotatable bonds is 2. The Morgan fingerprint density at radius 1 is 1.54 bits per heavy atom. The lowest BCUT2D eigenvalue weighted by atomic mass is 10.1. The van der Waals surface area contributed by atoms with Gasteiger partial charge in [-0.05, 0) is 6.42 Å². The number of carbonyl (C=O) groups is 1. The van der Waals surface area contributed by atoms with Crippen molar-refractivity contribution < 1.29 is 19.0 Å². The molecular formula is C9H14O4. The van der Waals surface area contributed by atoms with Gasteiger partial charge in [-0.25, -0.2) is 0 Å². The van der Waals surface area contributed by atoms with Gasteiger partial charge in [0, 0.05) is 13.0 Å². The van der Waals surface area contributed by atoms with E-state index < -0.39 is 0 Å². The standard InChI is InChI=1S/C9H14O4/c1-2-8(10)13-7-5-12-6-3-4-11-9(6)7/h6-7,9H,2-5H2,1H3. The highest BCUT2D eigenvalue weighted by Crippen LogP contribution is 2.28. The van der Waals surface area contributed by atoms with E-state index in [0.29, 0.717) is 13.0 Å². The number of ether oxygens (including phenoxy) is 3. The molecule has 0 amide bonds. The molecule has 0 aromatic heterocycles. The molecule has 2 fully saturated rings. The molecule has 0 radical (unpaired) electrons. The van der Waals surface area contributed by atoms with E-state index in [0.717, 1.165) is 13.0 Å². The molecule has 2 aliphatic heterocycles. The van der Waals surface area contributed by atoms with Crippen molar-refractivity contribution in [3.05, 3.63) is 0 Å². The van der Waals surface area contributed by atoms with E-state index in [1.54, 1.807) is 6.92 Å². The van der Waals surface area contributed by atoms with E-state index >= 15 is 0 Å². The van der Waals surface area contributed by atoms with Gasteiger partial charge in [0.1, 0.15) is 6.10 Å². The summed E-state index contributed by atoms with van der Waals surface area (Å²) < 4.78 is 16.1. The molecule has 0 spiro atoms. The van der Waals surface area contributed by atoms with Gasteiger partial charge in [0.25, 0.3) is 0 Å². The number of esters is 1. The average molecular weight is 186 g/mol. The molecule has 0 aromatic rings. The van der Waals surface area contributed by atoms with Crippen LogP contribution in [0, 0.1) is 0 Å². The van der Waals surface area contributed by atoms with E-state index in [2.05, 4.69) is 0 Å². The van der Waals surface area contributed by atoms with Gasteiger partial charge in [-0.15, -0.1) is 0 Å². The minimum atomic E-state index is -0.181. The van der Waals surface area contributed by atoms with E-state index in [9.17, 15) is 4.79 Å². The summed E-state index contributed by atoms with van der Waals surface area (Å²) in [5, 5.41) is 0. The topological polar surface area (TPSA) is 44.8 Å². The van der Waals surface area contributed by atoms with E-state index in [1.807, 2.05) is 0 Å². The second-order valence-corrected chi connectivity index (χ2v) is 3.38. The van der Waals surface area contributed by atoms with Crippen LogP contribution in [0.25, 0.3) is 0 Å². The lowest BCUT2D eigenvalue weighted by Crippen LogP contribution is -2.31. The normalized spacial score (nSPS) is 37.5. The zero-order valence-electron chi connectivity index (χ0n) is 7.69. The molecule has 0 aliphatic carbocycles. The number of fused-ring (bicyclic) bond motifs is 1. The second-order valence-electron chi connectivity index (χ2n) is 3.38. The maximum atomic E-state index is 11.0. The van der Waals surface area contributed by atoms with Gasteiger partial charge in [-0.3, -0.25) is 4.79 Å². The summed E-state index contributed by atoms with van der Waals surface area (Å²) in [6.07, 6.45) is 1.28. The van der Waals surface area contributed by atoms with Crippen molar-refractivity contribution in [3.8, 4) is 0 Å². The summed E-state index contributed by atoms with van der Waals surface area (Å²) in [7, 11) is 0. The molecule has 3 unspecified atom stereocenters. The minimum absolute atomic E-state index is 0.0181. The summed E-state index contributed by atoms with van der Waals surface area (Å²) >= 11 is 0. The molecule has 0 N–H and O–H groups in total. The van der Waals surface area contributed by atoms with Crippen molar-refractivity contribution in [3.63, 3.8) is 0 Å². The molecular weight excluding hydrogens is 172 g/mol. The minimum Gasteiger partial charge on any atom is -0.457 e. The SMILES string of the molecule is CCC(=O)OC1COC2CCOC21. The third-order valence-electron chi connectivity index (χ3n) is 2.49.